The molecule has 2 N–H and O–H groups in total. The maximum atomic E-state index is 5.63. The van der Waals surface area contributed by atoms with Crippen LogP contribution >= 0.6 is 0 Å². The summed E-state index contributed by atoms with van der Waals surface area (Å²) in [5.41, 5.74) is 1.13. The largest absolute Gasteiger partial charge is 0.494 e. The number of ether oxygens (including phenoxy) is 2. The third-order valence-electron chi connectivity index (χ3n) is 3.73. The molecule has 0 aromatic heterocycles. The van der Waals surface area contributed by atoms with Gasteiger partial charge in [-0.3, -0.25) is 4.99 Å². The van der Waals surface area contributed by atoms with E-state index < -0.39 is 0 Å². The van der Waals surface area contributed by atoms with Crippen molar-refractivity contribution in [1.82, 2.24) is 10.6 Å². The molecule has 0 aliphatic carbocycles. The summed E-state index contributed by atoms with van der Waals surface area (Å²) in [6.07, 6.45) is 3.79. The highest BCUT2D eigenvalue weighted by Gasteiger charge is 2.14. The first-order valence-electron chi connectivity index (χ1n) is 8.10. The van der Waals surface area contributed by atoms with E-state index in [4.69, 9.17) is 9.47 Å². The molecular weight excluding hydrogens is 278 g/mol. The van der Waals surface area contributed by atoms with Gasteiger partial charge >= 0.3 is 0 Å². The van der Waals surface area contributed by atoms with E-state index in [0.29, 0.717) is 19.3 Å². The summed E-state index contributed by atoms with van der Waals surface area (Å²) < 4.78 is 11.3. The van der Waals surface area contributed by atoms with Gasteiger partial charge in [0, 0.05) is 32.3 Å². The molecule has 1 aromatic rings. The molecule has 22 heavy (non-hydrogen) atoms. The zero-order valence-electron chi connectivity index (χ0n) is 13.6. The van der Waals surface area contributed by atoms with E-state index in [0.717, 1.165) is 36.8 Å². The molecule has 1 atom stereocenters. The van der Waals surface area contributed by atoms with E-state index in [1.165, 1.54) is 12.8 Å². The van der Waals surface area contributed by atoms with Gasteiger partial charge < -0.3 is 20.1 Å². The first-order chi connectivity index (χ1) is 10.8. The van der Waals surface area contributed by atoms with Gasteiger partial charge in [-0.15, -0.1) is 0 Å². The van der Waals surface area contributed by atoms with E-state index in [2.05, 4.69) is 21.7 Å². The molecule has 1 unspecified atom stereocenters. The smallest absolute Gasteiger partial charge is 0.191 e. The Balaban J connectivity index is 1.76. The molecule has 1 aliphatic heterocycles. The quantitative estimate of drug-likeness (QED) is 0.599. The fourth-order valence-corrected chi connectivity index (χ4v) is 2.57. The molecule has 1 aliphatic rings. The molecule has 5 nitrogen and oxygen atoms in total. The molecule has 0 amide bonds. The van der Waals surface area contributed by atoms with Crippen LogP contribution in [0, 0.1) is 0 Å². The van der Waals surface area contributed by atoms with Gasteiger partial charge in [0.15, 0.2) is 5.96 Å². The zero-order valence-corrected chi connectivity index (χ0v) is 13.6. The maximum absolute atomic E-state index is 5.63. The second-order valence-electron chi connectivity index (χ2n) is 5.32. The molecule has 0 radical (unpaired) electrons. The SMILES string of the molecule is CCOc1ccccc1CNC(=NC)NCCC1CCCO1. The minimum Gasteiger partial charge on any atom is -0.494 e. The predicted octanol–water partition coefficient (Wildman–Crippen LogP) is 2.32. The van der Waals surface area contributed by atoms with Crippen molar-refractivity contribution in [3.63, 3.8) is 0 Å². The molecule has 0 spiro atoms. The second kappa shape index (κ2) is 9.30. The van der Waals surface area contributed by atoms with Gasteiger partial charge in [0.25, 0.3) is 0 Å². The molecule has 1 aromatic carbocycles. The highest BCUT2D eigenvalue weighted by molar-refractivity contribution is 5.79. The van der Waals surface area contributed by atoms with E-state index in [9.17, 15) is 0 Å². The van der Waals surface area contributed by atoms with E-state index in [1.54, 1.807) is 7.05 Å². The molecule has 1 heterocycles. The van der Waals surface area contributed by atoms with Crippen LogP contribution in [-0.2, 0) is 11.3 Å². The van der Waals surface area contributed by atoms with Crippen molar-refractivity contribution in [2.75, 3.05) is 26.8 Å². The van der Waals surface area contributed by atoms with Crippen molar-refractivity contribution < 1.29 is 9.47 Å². The van der Waals surface area contributed by atoms with Crippen LogP contribution in [0.25, 0.3) is 0 Å². The fraction of sp³-hybridized carbons (Fsp3) is 0.588. The highest BCUT2D eigenvalue weighted by Crippen LogP contribution is 2.17. The number of nitrogens with one attached hydrogen (secondary N) is 2. The van der Waals surface area contributed by atoms with Crippen LogP contribution < -0.4 is 15.4 Å². The van der Waals surface area contributed by atoms with Crippen LogP contribution in [0.2, 0.25) is 0 Å². The van der Waals surface area contributed by atoms with Crippen LogP contribution in [0.4, 0.5) is 0 Å². The number of benzene rings is 1. The predicted molar refractivity (Wildman–Crippen MR) is 89.4 cm³/mol. The molecule has 0 saturated carbocycles. The third-order valence-corrected chi connectivity index (χ3v) is 3.73. The van der Waals surface area contributed by atoms with Gasteiger partial charge in [0.2, 0.25) is 0 Å². The van der Waals surface area contributed by atoms with Crippen LogP contribution in [0.1, 0.15) is 31.7 Å². The lowest BCUT2D eigenvalue weighted by Crippen LogP contribution is -2.38. The number of nitrogens with zero attached hydrogens (tertiary/aromatic N) is 1. The van der Waals surface area contributed by atoms with Gasteiger partial charge in [0.1, 0.15) is 5.75 Å². The minimum atomic E-state index is 0.407. The minimum absolute atomic E-state index is 0.407. The molecule has 0 bridgehead atoms. The number of hydrogen-bond donors (Lipinski definition) is 2. The summed E-state index contributed by atoms with van der Waals surface area (Å²) in [7, 11) is 1.79. The van der Waals surface area contributed by atoms with Crippen molar-refractivity contribution in [3.05, 3.63) is 29.8 Å². The molecular formula is C17H27N3O2. The van der Waals surface area contributed by atoms with Crippen molar-refractivity contribution in [2.45, 2.75) is 38.8 Å². The van der Waals surface area contributed by atoms with Crippen molar-refractivity contribution >= 4 is 5.96 Å². The van der Waals surface area contributed by atoms with Gasteiger partial charge in [0.05, 0.1) is 12.7 Å². The second-order valence-corrected chi connectivity index (χ2v) is 5.32. The Bertz CT molecular complexity index is 471. The van der Waals surface area contributed by atoms with E-state index in [1.807, 2.05) is 25.1 Å². The molecule has 1 fully saturated rings. The first-order valence-corrected chi connectivity index (χ1v) is 8.10. The van der Waals surface area contributed by atoms with Crippen LogP contribution in [0.5, 0.6) is 5.75 Å². The van der Waals surface area contributed by atoms with Gasteiger partial charge in [-0.1, -0.05) is 18.2 Å². The van der Waals surface area contributed by atoms with Crippen LogP contribution in [0.3, 0.4) is 0 Å². The van der Waals surface area contributed by atoms with Gasteiger partial charge in [-0.05, 0) is 32.3 Å². The third kappa shape index (κ3) is 5.22. The molecule has 2 rings (SSSR count). The van der Waals surface area contributed by atoms with Crippen molar-refractivity contribution in [1.29, 1.82) is 0 Å². The number of para-hydroxylation sites is 1. The van der Waals surface area contributed by atoms with Gasteiger partial charge in [-0.25, -0.2) is 0 Å². The summed E-state index contributed by atoms with van der Waals surface area (Å²) in [6.45, 7) is 5.14. The van der Waals surface area contributed by atoms with Crippen LogP contribution in [-0.4, -0.2) is 38.9 Å². The van der Waals surface area contributed by atoms with Crippen molar-refractivity contribution in [2.24, 2.45) is 4.99 Å². The first kappa shape index (κ1) is 16.6. The Kier molecular flexibility index (Phi) is 7.03. The Labute approximate surface area is 133 Å². The summed E-state index contributed by atoms with van der Waals surface area (Å²) >= 11 is 0. The lowest BCUT2D eigenvalue weighted by Gasteiger charge is -2.15. The van der Waals surface area contributed by atoms with E-state index in [-0.39, 0.29) is 0 Å². The zero-order chi connectivity index (χ0) is 15.6. The Hall–Kier alpha value is -1.75. The summed E-state index contributed by atoms with van der Waals surface area (Å²) in [5, 5.41) is 6.66. The Morgan fingerprint density at radius 2 is 2.23 bits per heavy atom. The number of aliphatic imine (C=N–C) groups is 1. The molecule has 5 heteroatoms. The topological polar surface area (TPSA) is 54.9 Å². The average molecular weight is 305 g/mol. The summed E-state index contributed by atoms with van der Waals surface area (Å²) in [4.78, 5) is 4.26. The van der Waals surface area contributed by atoms with E-state index >= 15 is 0 Å². The lowest BCUT2D eigenvalue weighted by atomic mass is 10.2. The fourth-order valence-electron chi connectivity index (χ4n) is 2.57. The summed E-state index contributed by atoms with van der Waals surface area (Å²) in [6, 6.07) is 8.07. The average Bonchev–Trinajstić information content (AvgIpc) is 3.05. The Morgan fingerprint density at radius 1 is 1.36 bits per heavy atom. The highest BCUT2D eigenvalue weighted by atomic mass is 16.5. The number of guanidine groups is 1. The maximum Gasteiger partial charge on any atom is 0.191 e. The Morgan fingerprint density at radius 3 is 2.95 bits per heavy atom. The molecule has 122 valence electrons. The molecule has 1 saturated heterocycles. The summed E-state index contributed by atoms with van der Waals surface area (Å²) in [5.74, 6) is 1.73. The monoisotopic (exact) mass is 305 g/mol. The van der Waals surface area contributed by atoms with Gasteiger partial charge in [-0.2, -0.15) is 0 Å². The number of hydrogen-bond acceptors (Lipinski definition) is 3. The standard InChI is InChI=1S/C17H27N3O2/c1-3-21-16-9-5-4-7-14(16)13-20-17(18-2)19-11-10-15-8-6-12-22-15/h4-5,7,9,15H,3,6,8,10-13H2,1-2H3,(H2,18,19,20). The lowest BCUT2D eigenvalue weighted by molar-refractivity contribution is 0.105. The normalized spacial score (nSPS) is 18.3. The number of rotatable bonds is 7. The van der Waals surface area contributed by atoms with Crippen LogP contribution in [0.15, 0.2) is 29.3 Å². The van der Waals surface area contributed by atoms with Crippen molar-refractivity contribution in [3.8, 4) is 5.75 Å².